The molecule has 1 heterocycles. The number of nitrogens with one attached hydrogen (secondary N) is 1. The molecule has 0 aliphatic rings. The van der Waals surface area contributed by atoms with E-state index in [1.54, 1.807) is 28.8 Å². The summed E-state index contributed by atoms with van der Waals surface area (Å²) in [6, 6.07) is 10.9. The van der Waals surface area contributed by atoms with E-state index in [0.717, 1.165) is 5.56 Å². The highest BCUT2D eigenvalue weighted by Gasteiger charge is 2.22. The van der Waals surface area contributed by atoms with Gasteiger partial charge in [0.2, 0.25) is 0 Å². The van der Waals surface area contributed by atoms with Crippen LogP contribution < -0.4 is 4.72 Å². The SMILES string of the molecule is O=C(NS(=O)(=O)c1ccccc1Cl)c1cn(Cc2cc(Cl)cc(Cl)c2)cn1. The first-order valence-electron chi connectivity index (χ1n) is 7.53. The maximum atomic E-state index is 12.3. The zero-order chi connectivity index (χ0) is 19.6. The Morgan fingerprint density at radius 3 is 2.41 bits per heavy atom. The third-order valence-corrected chi connectivity index (χ3v) is 5.77. The van der Waals surface area contributed by atoms with Gasteiger partial charge in [-0.15, -0.1) is 0 Å². The number of hydrogen-bond donors (Lipinski definition) is 1. The molecule has 0 saturated carbocycles. The van der Waals surface area contributed by atoms with Gasteiger partial charge in [-0.3, -0.25) is 4.79 Å². The Hall–Kier alpha value is -2.06. The van der Waals surface area contributed by atoms with E-state index in [2.05, 4.69) is 4.98 Å². The van der Waals surface area contributed by atoms with E-state index in [1.165, 1.54) is 30.7 Å². The Bertz CT molecular complexity index is 1090. The monoisotopic (exact) mass is 443 g/mol. The fraction of sp³-hybridized carbons (Fsp3) is 0.0588. The summed E-state index contributed by atoms with van der Waals surface area (Å²) in [7, 11) is -4.11. The summed E-state index contributed by atoms with van der Waals surface area (Å²) < 4.78 is 28.2. The molecule has 0 bridgehead atoms. The molecule has 0 unspecified atom stereocenters. The average Bonchev–Trinajstić information content (AvgIpc) is 3.02. The summed E-state index contributed by atoms with van der Waals surface area (Å²) in [5.41, 5.74) is 0.749. The Morgan fingerprint density at radius 2 is 1.74 bits per heavy atom. The first-order chi connectivity index (χ1) is 12.7. The van der Waals surface area contributed by atoms with Crippen LogP contribution in [0, 0.1) is 0 Å². The molecule has 1 amide bonds. The zero-order valence-corrected chi connectivity index (χ0v) is 16.6. The number of carbonyl (C=O) groups excluding carboxylic acids is 1. The molecule has 10 heteroatoms. The number of amides is 1. The van der Waals surface area contributed by atoms with Crippen molar-refractivity contribution in [3.05, 3.63) is 81.3 Å². The predicted molar refractivity (Wildman–Crippen MR) is 104 cm³/mol. The van der Waals surface area contributed by atoms with Crippen LogP contribution in [0.15, 0.2) is 59.9 Å². The second-order valence-electron chi connectivity index (χ2n) is 5.57. The predicted octanol–water partition coefficient (Wildman–Crippen LogP) is 4.01. The van der Waals surface area contributed by atoms with Crippen LogP contribution in [0.4, 0.5) is 0 Å². The van der Waals surface area contributed by atoms with E-state index < -0.39 is 15.9 Å². The van der Waals surface area contributed by atoms with Crippen LogP contribution in [0.25, 0.3) is 0 Å². The molecule has 6 nitrogen and oxygen atoms in total. The van der Waals surface area contributed by atoms with Crippen LogP contribution in [-0.4, -0.2) is 23.9 Å². The number of halogens is 3. The number of sulfonamides is 1. The number of hydrogen-bond acceptors (Lipinski definition) is 4. The standard InChI is InChI=1S/C17H12Cl3N3O3S/c18-12-5-11(6-13(19)7-12)8-23-9-15(21-10-23)17(24)22-27(25,26)16-4-2-1-3-14(16)20/h1-7,9-10H,8H2,(H,22,24). The first kappa shape index (κ1) is 19.7. The Kier molecular flexibility index (Phi) is 5.76. The first-order valence-corrected chi connectivity index (χ1v) is 10.1. The van der Waals surface area contributed by atoms with Crippen LogP contribution >= 0.6 is 34.8 Å². The molecule has 2 aromatic carbocycles. The highest BCUT2D eigenvalue weighted by atomic mass is 35.5. The van der Waals surface area contributed by atoms with E-state index in [-0.39, 0.29) is 15.6 Å². The van der Waals surface area contributed by atoms with Crippen LogP contribution in [0.1, 0.15) is 16.1 Å². The molecular weight excluding hydrogens is 433 g/mol. The van der Waals surface area contributed by atoms with Gasteiger partial charge in [0.25, 0.3) is 15.9 Å². The number of rotatable bonds is 5. The average molecular weight is 445 g/mol. The van der Waals surface area contributed by atoms with Gasteiger partial charge in [0.05, 0.1) is 11.3 Å². The molecule has 1 N–H and O–H groups in total. The van der Waals surface area contributed by atoms with Crippen molar-refractivity contribution in [3.8, 4) is 0 Å². The summed E-state index contributed by atoms with van der Waals surface area (Å²) in [6.45, 7) is 0.359. The molecule has 0 saturated heterocycles. The second kappa shape index (κ2) is 7.90. The number of imidazole rings is 1. The van der Waals surface area contributed by atoms with Crippen molar-refractivity contribution < 1.29 is 13.2 Å². The van der Waals surface area contributed by atoms with Gasteiger partial charge in [-0.1, -0.05) is 46.9 Å². The maximum Gasteiger partial charge on any atom is 0.285 e. The van der Waals surface area contributed by atoms with Crippen molar-refractivity contribution in [3.63, 3.8) is 0 Å². The summed E-state index contributed by atoms with van der Waals surface area (Å²) in [4.78, 5) is 16.0. The lowest BCUT2D eigenvalue weighted by Crippen LogP contribution is -2.31. The van der Waals surface area contributed by atoms with E-state index in [4.69, 9.17) is 34.8 Å². The van der Waals surface area contributed by atoms with Gasteiger partial charge in [-0.2, -0.15) is 0 Å². The summed E-state index contributed by atoms with van der Waals surface area (Å²) in [6.07, 6.45) is 2.83. The third-order valence-electron chi connectivity index (χ3n) is 3.51. The van der Waals surface area contributed by atoms with Gasteiger partial charge in [0.1, 0.15) is 10.6 Å². The Morgan fingerprint density at radius 1 is 1.07 bits per heavy atom. The quantitative estimate of drug-likeness (QED) is 0.645. The molecule has 0 atom stereocenters. The zero-order valence-electron chi connectivity index (χ0n) is 13.6. The van der Waals surface area contributed by atoms with Crippen LogP contribution in [0.3, 0.4) is 0 Å². The van der Waals surface area contributed by atoms with Crippen molar-refractivity contribution in [1.82, 2.24) is 14.3 Å². The van der Waals surface area contributed by atoms with Gasteiger partial charge in [0.15, 0.2) is 0 Å². The van der Waals surface area contributed by atoms with E-state index in [9.17, 15) is 13.2 Å². The van der Waals surface area contributed by atoms with E-state index in [0.29, 0.717) is 16.6 Å². The molecule has 0 aliphatic heterocycles. The van der Waals surface area contributed by atoms with Crippen molar-refractivity contribution in [1.29, 1.82) is 0 Å². The van der Waals surface area contributed by atoms with Crippen molar-refractivity contribution in [2.45, 2.75) is 11.4 Å². The number of aromatic nitrogens is 2. The van der Waals surface area contributed by atoms with Gasteiger partial charge < -0.3 is 4.57 Å². The number of carbonyl (C=O) groups is 1. The highest BCUT2D eigenvalue weighted by molar-refractivity contribution is 7.90. The van der Waals surface area contributed by atoms with Crippen LogP contribution in [0.2, 0.25) is 15.1 Å². The van der Waals surface area contributed by atoms with E-state index >= 15 is 0 Å². The Balaban J connectivity index is 1.76. The minimum Gasteiger partial charge on any atom is -0.332 e. The normalized spacial score (nSPS) is 11.4. The summed E-state index contributed by atoms with van der Waals surface area (Å²) in [5, 5.41) is 0.990. The largest absolute Gasteiger partial charge is 0.332 e. The molecule has 0 aliphatic carbocycles. The van der Waals surface area contributed by atoms with Gasteiger partial charge in [0, 0.05) is 22.8 Å². The molecule has 0 spiro atoms. The van der Waals surface area contributed by atoms with Gasteiger partial charge >= 0.3 is 0 Å². The summed E-state index contributed by atoms with van der Waals surface area (Å²) >= 11 is 17.8. The van der Waals surface area contributed by atoms with Gasteiger partial charge in [-0.25, -0.2) is 18.1 Å². The minimum absolute atomic E-state index is 0.0150. The topological polar surface area (TPSA) is 81.1 Å². The molecule has 27 heavy (non-hydrogen) atoms. The molecule has 140 valence electrons. The lowest BCUT2D eigenvalue weighted by Gasteiger charge is -2.07. The fourth-order valence-electron chi connectivity index (χ4n) is 2.37. The fourth-order valence-corrected chi connectivity index (χ4v) is 4.42. The van der Waals surface area contributed by atoms with Crippen LogP contribution in [-0.2, 0) is 16.6 Å². The summed E-state index contributed by atoms with van der Waals surface area (Å²) in [5.74, 6) is -0.863. The van der Waals surface area contributed by atoms with Crippen LogP contribution in [0.5, 0.6) is 0 Å². The maximum absolute atomic E-state index is 12.3. The smallest absolute Gasteiger partial charge is 0.285 e. The van der Waals surface area contributed by atoms with Crippen molar-refractivity contribution >= 4 is 50.7 Å². The third kappa shape index (κ3) is 4.81. The molecule has 3 aromatic rings. The minimum atomic E-state index is -4.11. The lowest BCUT2D eigenvalue weighted by molar-refractivity contribution is 0.0977. The molecule has 0 fully saturated rings. The molecular formula is C17H12Cl3N3O3S. The molecule has 0 radical (unpaired) electrons. The Labute approximate surface area is 170 Å². The lowest BCUT2D eigenvalue weighted by atomic mass is 10.2. The highest BCUT2D eigenvalue weighted by Crippen LogP contribution is 2.21. The number of benzene rings is 2. The molecule has 1 aromatic heterocycles. The van der Waals surface area contributed by atoms with Gasteiger partial charge in [-0.05, 0) is 35.9 Å². The van der Waals surface area contributed by atoms with Crippen molar-refractivity contribution in [2.24, 2.45) is 0 Å². The molecule has 3 rings (SSSR count). The van der Waals surface area contributed by atoms with Crippen molar-refractivity contribution in [2.75, 3.05) is 0 Å². The second-order valence-corrected chi connectivity index (χ2v) is 8.50. The number of nitrogens with zero attached hydrogens (tertiary/aromatic N) is 2. The van der Waals surface area contributed by atoms with E-state index in [1.807, 2.05) is 4.72 Å².